The molecule has 2 heterocycles. The molecule has 2 saturated heterocycles. The monoisotopic (exact) mass is 398 g/mol. The molecule has 0 aromatic heterocycles. The lowest BCUT2D eigenvalue weighted by molar-refractivity contribution is 0.0483. The Hall–Kier alpha value is -0.860. The highest BCUT2D eigenvalue weighted by atomic mass is 15.2. The van der Waals surface area contributed by atoms with Gasteiger partial charge in [0, 0.05) is 22.2 Å². The molecule has 2 atom stereocenters. The van der Waals surface area contributed by atoms with Crippen molar-refractivity contribution in [1.29, 1.82) is 0 Å². The van der Waals surface area contributed by atoms with Crippen molar-refractivity contribution in [3.63, 3.8) is 0 Å². The van der Waals surface area contributed by atoms with Crippen LogP contribution in [0.25, 0.3) is 0 Å². The second-order valence-electron chi connectivity index (χ2n) is 12.6. The second-order valence-corrected chi connectivity index (χ2v) is 12.6. The molecule has 3 rings (SSSR count). The summed E-state index contributed by atoms with van der Waals surface area (Å²) in [5.41, 5.74) is 3.98. The summed E-state index contributed by atoms with van der Waals surface area (Å²) in [5.74, 6) is 1.32. The Labute approximate surface area is 180 Å². The zero-order valence-corrected chi connectivity index (χ0v) is 20.7. The van der Waals surface area contributed by atoms with Gasteiger partial charge in [-0.2, -0.15) is 0 Å². The highest BCUT2D eigenvalue weighted by molar-refractivity contribution is 5.29. The quantitative estimate of drug-likeness (QED) is 0.585. The highest BCUT2D eigenvalue weighted by Gasteiger charge is 2.40. The third kappa shape index (κ3) is 5.25. The van der Waals surface area contributed by atoms with Gasteiger partial charge in [-0.05, 0) is 124 Å². The Morgan fingerprint density at radius 2 is 1.17 bits per heavy atom. The van der Waals surface area contributed by atoms with Crippen LogP contribution in [0.3, 0.4) is 0 Å². The minimum Gasteiger partial charge on any atom is -0.307 e. The fraction of sp³-hybridized carbons (Fsp3) is 0.778. The van der Waals surface area contributed by atoms with E-state index in [2.05, 4.69) is 96.9 Å². The summed E-state index contributed by atoms with van der Waals surface area (Å²) in [6.45, 7) is 19.1. The van der Waals surface area contributed by atoms with Gasteiger partial charge in [0.15, 0.2) is 0 Å². The molecule has 1 N–H and O–H groups in total. The molecular weight excluding hydrogens is 352 g/mol. The lowest BCUT2D eigenvalue weighted by Crippen LogP contribution is -2.51. The number of nitrogens with one attached hydrogen (secondary N) is 1. The van der Waals surface area contributed by atoms with Crippen LogP contribution in [0.1, 0.15) is 117 Å². The Kier molecular flexibility index (Phi) is 6.04. The summed E-state index contributed by atoms with van der Waals surface area (Å²) in [7, 11) is 2.31. The van der Waals surface area contributed by atoms with Crippen molar-refractivity contribution in [1.82, 2.24) is 10.2 Å². The van der Waals surface area contributed by atoms with Gasteiger partial charge in [-0.1, -0.05) is 24.3 Å². The largest absolute Gasteiger partial charge is 0.307 e. The zero-order valence-electron chi connectivity index (χ0n) is 20.7. The number of nitrogens with zero attached hydrogens (tertiary/aromatic N) is 1. The molecule has 0 spiro atoms. The Morgan fingerprint density at radius 3 is 1.72 bits per heavy atom. The smallest absolute Gasteiger partial charge is 0.0161 e. The number of rotatable bonds is 2. The van der Waals surface area contributed by atoms with Crippen molar-refractivity contribution >= 4 is 0 Å². The maximum atomic E-state index is 3.88. The molecule has 0 amide bonds. The molecule has 2 heteroatoms. The zero-order chi connectivity index (χ0) is 21.7. The van der Waals surface area contributed by atoms with Gasteiger partial charge in [-0.25, -0.2) is 0 Å². The van der Waals surface area contributed by atoms with E-state index in [1.165, 1.54) is 44.1 Å². The first-order valence-electron chi connectivity index (χ1n) is 11.8. The van der Waals surface area contributed by atoms with Gasteiger partial charge in [-0.3, -0.25) is 4.90 Å². The first-order chi connectivity index (χ1) is 13.2. The summed E-state index contributed by atoms with van der Waals surface area (Å²) < 4.78 is 0. The first-order valence-corrected chi connectivity index (χ1v) is 11.8. The number of benzene rings is 1. The molecule has 164 valence electrons. The number of likely N-dealkylation sites (tertiary alicyclic amines) is 1. The normalized spacial score (nSPS) is 31.6. The molecule has 0 saturated carbocycles. The van der Waals surface area contributed by atoms with E-state index in [0.29, 0.717) is 11.8 Å². The van der Waals surface area contributed by atoms with Gasteiger partial charge in [-0.15, -0.1) is 0 Å². The summed E-state index contributed by atoms with van der Waals surface area (Å²) in [4.78, 5) is 2.61. The van der Waals surface area contributed by atoms with Crippen LogP contribution >= 0.6 is 0 Å². The van der Waals surface area contributed by atoms with Crippen molar-refractivity contribution in [2.45, 2.75) is 128 Å². The summed E-state index contributed by atoms with van der Waals surface area (Å²) >= 11 is 0. The maximum absolute atomic E-state index is 3.88. The van der Waals surface area contributed by atoms with E-state index in [-0.39, 0.29) is 22.2 Å². The molecule has 2 unspecified atom stereocenters. The van der Waals surface area contributed by atoms with E-state index >= 15 is 0 Å². The average Bonchev–Trinajstić information content (AvgIpc) is 2.76. The van der Waals surface area contributed by atoms with E-state index < -0.39 is 0 Å². The molecular formula is C27H46N2. The lowest BCUT2D eigenvalue weighted by Gasteiger charge is -2.45. The lowest BCUT2D eigenvalue weighted by atomic mass is 9.81. The van der Waals surface area contributed by atoms with Gasteiger partial charge in [0.05, 0.1) is 0 Å². The van der Waals surface area contributed by atoms with Crippen LogP contribution in [0, 0.1) is 0 Å². The SMILES string of the molecule is CN1C(C)(C)CCC(c2ccc(C3CCC(C)(C)NC(C)(C)C3)cc2)CC1(C)C. The summed E-state index contributed by atoms with van der Waals surface area (Å²) in [5, 5.41) is 3.88. The average molecular weight is 399 g/mol. The van der Waals surface area contributed by atoms with Crippen LogP contribution in [0.5, 0.6) is 0 Å². The Bertz CT molecular complexity index is 696. The van der Waals surface area contributed by atoms with Gasteiger partial charge < -0.3 is 5.32 Å². The van der Waals surface area contributed by atoms with Gasteiger partial charge in [0.25, 0.3) is 0 Å². The van der Waals surface area contributed by atoms with Crippen LogP contribution in [0.4, 0.5) is 0 Å². The summed E-state index contributed by atoms with van der Waals surface area (Å²) in [6.07, 6.45) is 7.51. The molecule has 2 fully saturated rings. The molecule has 2 nitrogen and oxygen atoms in total. The van der Waals surface area contributed by atoms with E-state index in [4.69, 9.17) is 0 Å². The minimum absolute atomic E-state index is 0.185. The summed E-state index contributed by atoms with van der Waals surface area (Å²) in [6, 6.07) is 9.79. The predicted octanol–water partition coefficient (Wildman–Crippen LogP) is 6.86. The van der Waals surface area contributed by atoms with Crippen LogP contribution < -0.4 is 5.32 Å². The van der Waals surface area contributed by atoms with Gasteiger partial charge in [0.2, 0.25) is 0 Å². The van der Waals surface area contributed by atoms with E-state index in [9.17, 15) is 0 Å². The fourth-order valence-electron chi connectivity index (χ4n) is 6.25. The molecule has 1 aromatic carbocycles. The molecule has 2 aliphatic heterocycles. The second kappa shape index (κ2) is 7.68. The van der Waals surface area contributed by atoms with E-state index in [1.54, 1.807) is 5.56 Å². The van der Waals surface area contributed by atoms with Crippen molar-refractivity contribution < 1.29 is 0 Å². The van der Waals surface area contributed by atoms with Crippen LogP contribution in [-0.4, -0.2) is 34.1 Å². The highest BCUT2D eigenvalue weighted by Crippen LogP contribution is 2.43. The molecule has 29 heavy (non-hydrogen) atoms. The molecule has 2 aliphatic rings. The first kappa shape index (κ1) is 22.8. The van der Waals surface area contributed by atoms with Crippen molar-refractivity contribution in [3.05, 3.63) is 35.4 Å². The number of hydrogen-bond donors (Lipinski definition) is 1. The van der Waals surface area contributed by atoms with Crippen molar-refractivity contribution in [2.75, 3.05) is 7.05 Å². The molecule has 0 bridgehead atoms. The van der Waals surface area contributed by atoms with E-state index in [0.717, 1.165) is 0 Å². The van der Waals surface area contributed by atoms with Crippen molar-refractivity contribution in [2.24, 2.45) is 0 Å². The minimum atomic E-state index is 0.185. The molecule has 0 aliphatic carbocycles. The third-order valence-electron chi connectivity index (χ3n) is 8.10. The molecule has 0 radical (unpaired) electrons. The Balaban J connectivity index is 1.78. The molecule has 1 aromatic rings. The number of hydrogen-bond acceptors (Lipinski definition) is 2. The van der Waals surface area contributed by atoms with Crippen LogP contribution in [-0.2, 0) is 0 Å². The van der Waals surface area contributed by atoms with E-state index in [1.807, 2.05) is 0 Å². The van der Waals surface area contributed by atoms with Crippen LogP contribution in [0.15, 0.2) is 24.3 Å². The maximum Gasteiger partial charge on any atom is 0.0161 e. The Morgan fingerprint density at radius 1 is 0.690 bits per heavy atom. The predicted molar refractivity (Wildman–Crippen MR) is 127 cm³/mol. The van der Waals surface area contributed by atoms with Gasteiger partial charge >= 0.3 is 0 Å². The van der Waals surface area contributed by atoms with Crippen LogP contribution in [0.2, 0.25) is 0 Å². The standard InChI is InChI=1S/C27H46N2/c1-24(2)16-14-22(18-25(3,4)28-24)20-10-12-21(13-11-20)23-15-17-26(5,6)29(9)27(7,8)19-23/h10-13,22-23,28H,14-19H2,1-9H3. The van der Waals surface area contributed by atoms with Crippen molar-refractivity contribution in [3.8, 4) is 0 Å². The van der Waals surface area contributed by atoms with Gasteiger partial charge in [0.1, 0.15) is 0 Å². The third-order valence-corrected chi connectivity index (χ3v) is 8.10. The fourth-order valence-corrected chi connectivity index (χ4v) is 6.25. The topological polar surface area (TPSA) is 15.3 Å².